The molecule has 0 aliphatic heterocycles. The molecule has 3 aromatic rings. The van der Waals surface area contributed by atoms with E-state index in [0.717, 1.165) is 27.6 Å². The maximum absolute atomic E-state index is 11.7. The molecular weight excluding hydrogens is 388 g/mol. The van der Waals surface area contributed by atoms with Gasteiger partial charge in [0.2, 0.25) is 8.32 Å². The van der Waals surface area contributed by atoms with E-state index >= 15 is 0 Å². The van der Waals surface area contributed by atoms with Crippen molar-refractivity contribution < 1.29 is 9.53 Å². The highest BCUT2D eigenvalue weighted by Crippen LogP contribution is 2.41. The van der Waals surface area contributed by atoms with Crippen LogP contribution in [0, 0.1) is 12.8 Å². The van der Waals surface area contributed by atoms with E-state index in [-0.39, 0.29) is 11.0 Å². The number of hydrogen-bond donors (Lipinski definition) is 1. The Hall–Kier alpha value is -2.11. The molecule has 2 aromatic carbocycles. The van der Waals surface area contributed by atoms with Gasteiger partial charge in [-0.25, -0.2) is 4.98 Å². The van der Waals surface area contributed by atoms with Crippen LogP contribution in [0.1, 0.15) is 51.4 Å². The zero-order valence-corrected chi connectivity index (χ0v) is 20.9. The lowest BCUT2D eigenvalue weighted by molar-refractivity contribution is 0.0280. The number of aliphatic hydroxyl groups is 1. The quantitative estimate of drug-likeness (QED) is 0.499. The highest BCUT2D eigenvalue weighted by Gasteiger charge is 2.40. The summed E-state index contributed by atoms with van der Waals surface area (Å²) in [5.74, 6) is 0.942. The zero-order valence-electron chi connectivity index (χ0n) is 19.9. The van der Waals surface area contributed by atoms with Crippen LogP contribution >= 0.6 is 0 Å². The fraction of sp³-hybridized carbons (Fsp3) is 0.480. The molecule has 1 unspecified atom stereocenters. The van der Waals surface area contributed by atoms with E-state index in [4.69, 9.17) is 4.43 Å². The van der Waals surface area contributed by atoms with Crippen molar-refractivity contribution >= 4 is 19.1 Å². The van der Waals surface area contributed by atoms with Crippen molar-refractivity contribution in [1.82, 2.24) is 9.55 Å². The number of imidazole rings is 1. The third kappa shape index (κ3) is 3.81. The summed E-state index contributed by atoms with van der Waals surface area (Å²) in [6.07, 6.45) is 3.63. The Bertz CT molecular complexity index is 1060. The third-order valence-corrected chi connectivity index (χ3v) is 11.1. The van der Waals surface area contributed by atoms with Gasteiger partial charge in [0.25, 0.3) is 0 Å². The topological polar surface area (TPSA) is 47.3 Å². The molecule has 0 aliphatic rings. The molecule has 1 N–H and O–H groups in total. The predicted molar refractivity (Wildman–Crippen MR) is 128 cm³/mol. The summed E-state index contributed by atoms with van der Waals surface area (Å²) >= 11 is 0. The number of aromatic nitrogens is 2. The standard InChI is InChI=1S/C25H36N2O2Si/c1-17(2)25(28,23-15-27(7)16-26-23)20-11-12-21-18(3)22(13-10-19(21)14-20)29-30(8,9)24(4,5)6/h10-17,28H,1-9H3. The molecule has 0 fully saturated rings. The first-order valence-corrected chi connectivity index (χ1v) is 13.6. The molecule has 0 radical (unpaired) electrons. The average Bonchev–Trinajstić information content (AvgIpc) is 3.08. The van der Waals surface area contributed by atoms with Crippen LogP contribution in [0.4, 0.5) is 0 Å². The van der Waals surface area contributed by atoms with Crippen molar-refractivity contribution in [1.29, 1.82) is 0 Å². The molecule has 162 valence electrons. The van der Waals surface area contributed by atoms with Gasteiger partial charge in [-0.2, -0.15) is 0 Å². The molecule has 1 atom stereocenters. The molecule has 1 aromatic heterocycles. The zero-order chi connectivity index (χ0) is 22.5. The molecule has 0 saturated heterocycles. The summed E-state index contributed by atoms with van der Waals surface area (Å²) in [5.41, 5.74) is 1.55. The van der Waals surface area contributed by atoms with E-state index in [1.165, 1.54) is 0 Å². The average molecular weight is 425 g/mol. The largest absolute Gasteiger partial charge is 0.543 e. The second-order valence-electron chi connectivity index (χ2n) is 10.3. The molecule has 4 nitrogen and oxygen atoms in total. The first kappa shape index (κ1) is 22.6. The summed E-state index contributed by atoms with van der Waals surface area (Å²) in [7, 11) is 0.00897. The Labute approximate surface area is 182 Å². The van der Waals surface area contributed by atoms with Crippen LogP contribution in [-0.2, 0) is 12.6 Å². The van der Waals surface area contributed by atoms with Crippen LogP contribution in [-0.4, -0.2) is 23.0 Å². The lowest BCUT2D eigenvalue weighted by Gasteiger charge is -2.37. The van der Waals surface area contributed by atoms with E-state index in [2.05, 4.69) is 70.0 Å². The van der Waals surface area contributed by atoms with Gasteiger partial charge in [0.1, 0.15) is 11.4 Å². The molecule has 0 saturated carbocycles. The lowest BCUT2D eigenvalue weighted by atomic mass is 9.80. The minimum atomic E-state index is -1.91. The first-order valence-electron chi connectivity index (χ1n) is 10.7. The summed E-state index contributed by atoms with van der Waals surface area (Å²) in [6, 6.07) is 10.4. The van der Waals surface area contributed by atoms with E-state index < -0.39 is 13.9 Å². The van der Waals surface area contributed by atoms with Crippen LogP contribution < -0.4 is 4.43 Å². The molecule has 0 bridgehead atoms. The van der Waals surface area contributed by atoms with Gasteiger partial charge in [-0.15, -0.1) is 0 Å². The van der Waals surface area contributed by atoms with Crippen molar-refractivity contribution in [3.05, 3.63) is 59.7 Å². The lowest BCUT2D eigenvalue weighted by Crippen LogP contribution is -2.44. The minimum Gasteiger partial charge on any atom is -0.543 e. The normalized spacial score (nSPS) is 14.9. The summed E-state index contributed by atoms with van der Waals surface area (Å²) in [6.45, 7) is 17.5. The Kier molecular flexibility index (Phi) is 5.67. The molecule has 5 heteroatoms. The number of fused-ring (bicyclic) bond motifs is 1. The van der Waals surface area contributed by atoms with Crippen LogP contribution in [0.3, 0.4) is 0 Å². The number of hydrogen-bond acceptors (Lipinski definition) is 3. The third-order valence-electron chi connectivity index (χ3n) is 6.78. The summed E-state index contributed by atoms with van der Waals surface area (Å²) < 4.78 is 8.46. The van der Waals surface area contributed by atoms with Crippen molar-refractivity contribution in [2.45, 2.75) is 65.3 Å². The molecule has 0 spiro atoms. The number of aryl methyl sites for hydroxylation is 2. The molecule has 0 amide bonds. The van der Waals surface area contributed by atoms with E-state index in [0.29, 0.717) is 5.69 Å². The number of nitrogens with zero attached hydrogens (tertiary/aromatic N) is 2. The van der Waals surface area contributed by atoms with Crippen LogP contribution in [0.15, 0.2) is 42.9 Å². The van der Waals surface area contributed by atoms with Gasteiger partial charge in [0.15, 0.2) is 0 Å². The fourth-order valence-electron chi connectivity index (χ4n) is 3.63. The SMILES string of the molecule is Cc1c(O[Si](C)(C)C(C)(C)C)ccc2cc(C(O)(c3cn(C)cn3)C(C)C)ccc12. The molecule has 3 rings (SSSR count). The van der Waals surface area contributed by atoms with Crippen LogP contribution in [0.2, 0.25) is 18.1 Å². The first-order chi connectivity index (χ1) is 13.8. The Morgan fingerprint density at radius 3 is 2.30 bits per heavy atom. The predicted octanol–water partition coefficient (Wildman–Crippen LogP) is 6.16. The Balaban J connectivity index is 2.08. The smallest absolute Gasteiger partial charge is 0.250 e. The Morgan fingerprint density at radius 1 is 1.10 bits per heavy atom. The van der Waals surface area contributed by atoms with Gasteiger partial charge in [0.05, 0.1) is 12.0 Å². The van der Waals surface area contributed by atoms with E-state index in [1.807, 2.05) is 37.7 Å². The van der Waals surface area contributed by atoms with Crippen molar-refractivity contribution in [2.75, 3.05) is 0 Å². The van der Waals surface area contributed by atoms with Crippen LogP contribution in [0.25, 0.3) is 10.8 Å². The van der Waals surface area contributed by atoms with Gasteiger partial charge >= 0.3 is 0 Å². The molecular formula is C25H36N2O2Si. The van der Waals surface area contributed by atoms with Gasteiger partial charge < -0.3 is 14.1 Å². The maximum atomic E-state index is 11.7. The number of benzene rings is 2. The highest BCUT2D eigenvalue weighted by molar-refractivity contribution is 6.74. The molecule has 30 heavy (non-hydrogen) atoms. The highest BCUT2D eigenvalue weighted by atomic mass is 28.4. The van der Waals surface area contributed by atoms with E-state index in [1.54, 1.807) is 6.33 Å². The van der Waals surface area contributed by atoms with Gasteiger partial charge in [0, 0.05) is 13.2 Å². The van der Waals surface area contributed by atoms with Crippen molar-refractivity contribution in [3.8, 4) is 5.75 Å². The summed E-state index contributed by atoms with van der Waals surface area (Å²) in [5, 5.41) is 14.1. The van der Waals surface area contributed by atoms with Crippen molar-refractivity contribution in [2.24, 2.45) is 13.0 Å². The summed E-state index contributed by atoms with van der Waals surface area (Å²) in [4.78, 5) is 4.46. The minimum absolute atomic E-state index is 0.0212. The maximum Gasteiger partial charge on any atom is 0.250 e. The van der Waals surface area contributed by atoms with Crippen molar-refractivity contribution in [3.63, 3.8) is 0 Å². The molecule has 0 aliphatic carbocycles. The second kappa shape index (κ2) is 7.54. The fourth-order valence-corrected chi connectivity index (χ4v) is 4.70. The second-order valence-corrected chi connectivity index (χ2v) is 15.1. The van der Waals surface area contributed by atoms with Gasteiger partial charge in [-0.3, -0.25) is 0 Å². The van der Waals surface area contributed by atoms with Gasteiger partial charge in [-0.05, 0) is 65.0 Å². The number of rotatable bonds is 5. The monoisotopic (exact) mass is 424 g/mol. The molecule has 1 heterocycles. The van der Waals surface area contributed by atoms with Gasteiger partial charge in [-0.1, -0.05) is 52.8 Å². The van der Waals surface area contributed by atoms with E-state index in [9.17, 15) is 5.11 Å². The van der Waals surface area contributed by atoms with Crippen LogP contribution in [0.5, 0.6) is 5.75 Å². The Morgan fingerprint density at radius 2 is 1.77 bits per heavy atom.